The summed E-state index contributed by atoms with van der Waals surface area (Å²) in [5.74, 6) is 0.607. The van der Waals surface area contributed by atoms with Crippen molar-refractivity contribution in [3.8, 4) is 6.07 Å². The molecule has 1 fully saturated rings. The van der Waals surface area contributed by atoms with E-state index in [0.29, 0.717) is 5.92 Å². The third kappa shape index (κ3) is 2.72. The van der Waals surface area contributed by atoms with Gasteiger partial charge in [-0.3, -0.25) is 10.00 Å². The Hall–Kier alpha value is -2.06. The number of aromatic amines is 1. The van der Waals surface area contributed by atoms with Crippen molar-refractivity contribution in [3.05, 3.63) is 41.0 Å². The van der Waals surface area contributed by atoms with E-state index >= 15 is 0 Å². The molecular formula is C16H21N5. The average Bonchev–Trinajstić information content (AvgIpc) is 3.12. The van der Waals surface area contributed by atoms with E-state index < -0.39 is 0 Å². The van der Waals surface area contributed by atoms with E-state index in [-0.39, 0.29) is 0 Å². The van der Waals surface area contributed by atoms with Crippen LogP contribution in [0, 0.1) is 18.3 Å². The molecule has 1 saturated heterocycles. The summed E-state index contributed by atoms with van der Waals surface area (Å²) in [6.45, 7) is 5.23. The number of hydrogen-bond acceptors (Lipinski definition) is 3. The summed E-state index contributed by atoms with van der Waals surface area (Å²) in [5.41, 5.74) is 4.48. The van der Waals surface area contributed by atoms with Crippen molar-refractivity contribution < 1.29 is 0 Å². The van der Waals surface area contributed by atoms with Crippen LogP contribution in [0.15, 0.2) is 18.3 Å². The normalized spacial score (nSPS) is 17.0. The van der Waals surface area contributed by atoms with Gasteiger partial charge in [0.15, 0.2) is 0 Å². The molecule has 3 rings (SSSR count). The predicted molar refractivity (Wildman–Crippen MR) is 80.7 cm³/mol. The van der Waals surface area contributed by atoms with E-state index in [0.717, 1.165) is 25.3 Å². The van der Waals surface area contributed by atoms with Gasteiger partial charge in [-0.05, 0) is 50.6 Å². The third-order valence-electron chi connectivity index (χ3n) is 4.70. The molecule has 0 unspecified atom stereocenters. The fourth-order valence-electron chi connectivity index (χ4n) is 3.17. The summed E-state index contributed by atoms with van der Waals surface area (Å²) in [6, 6.07) is 6.36. The van der Waals surface area contributed by atoms with E-state index in [9.17, 15) is 0 Å². The summed E-state index contributed by atoms with van der Waals surface area (Å²) >= 11 is 0. The zero-order valence-electron chi connectivity index (χ0n) is 12.6. The van der Waals surface area contributed by atoms with Crippen LogP contribution in [-0.2, 0) is 13.6 Å². The van der Waals surface area contributed by atoms with Crippen LogP contribution in [-0.4, -0.2) is 32.8 Å². The summed E-state index contributed by atoms with van der Waals surface area (Å²) < 4.78 is 1.98. The van der Waals surface area contributed by atoms with Crippen LogP contribution >= 0.6 is 0 Å². The van der Waals surface area contributed by atoms with Crippen molar-refractivity contribution in [2.75, 3.05) is 13.1 Å². The predicted octanol–water partition coefficient (Wildman–Crippen LogP) is 2.31. The van der Waals surface area contributed by atoms with E-state index in [1.807, 2.05) is 23.9 Å². The van der Waals surface area contributed by atoms with Gasteiger partial charge in [-0.1, -0.05) is 0 Å². The topological polar surface area (TPSA) is 60.6 Å². The molecule has 0 saturated carbocycles. The smallest absolute Gasteiger partial charge is 0.120 e. The molecule has 5 nitrogen and oxygen atoms in total. The number of hydrogen-bond donors (Lipinski definition) is 1. The second-order valence-electron chi connectivity index (χ2n) is 5.87. The minimum absolute atomic E-state index is 0.607. The summed E-state index contributed by atoms with van der Waals surface area (Å²) in [6.07, 6.45) is 4.16. The molecule has 5 heteroatoms. The molecule has 110 valence electrons. The van der Waals surface area contributed by atoms with Gasteiger partial charge in [0, 0.05) is 37.1 Å². The van der Waals surface area contributed by atoms with Gasteiger partial charge in [0.2, 0.25) is 0 Å². The molecule has 0 atom stereocenters. The Morgan fingerprint density at radius 2 is 2.19 bits per heavy atom. The maximum Gasteiger partial charge on any atom is 0.120 e. The lowest BCUT2D eigenvalue weighted by molar-refractivity contribution is 0.203. The van der Waals surface area contributed by atoms with Crippen LogP contribution in [0.5, 0.6) is 0 Å². The lowest BCUT2D eigenvalue weighted by Crippen LogP contribution is -2.32. The quantitative estimate of drug-likeness (QED) is 0.940. The first-order valence-corrected chi connectivity index (χ1v) is 7.46. The lowest BCUT2D eigenvalue weighted by Gasteiger charge is -2.31. The van der Waals surface area contributed by atoms with Gasteiger partial charge in [-0.25, -0.2) is 0 Å². The maximum atomic E-state index is 9.11. The number of nitriles is 1. The number of H-pyrrole nitrogens is 1. The fraction of sp³-hybridized carbons (Fsp3) is 0.500. The molecule has 1 aliphatic heterocycles. The Morgan fingerprint density at radius 3 is 2.76 bits per heavy atom. The van der Waals surface area contributed by atoms with Gasteiger partial charge >= 0.3 is 0 Å². The van der Waals surface area contributed by atoms with E-state index in [1.54, 1.807) is 0 Å². The van der Waals surface area contributed by atoms with Crippen LogP contribution in [0.25, 0.3) is 0 Å². The van der Waals surface area contributed by atoms with Gasteiger partial charge in [0.05, 0.1) is 0 Å². The van der Waals surface area contributed by atoms with Crippen LogP contribution in [0.4, 0.5) is 0 Å². The summed E-state index contributed by atoms with van der Waals surface area (Å²) in [7, 11) is 1.96. The van der Waals surface area contributed by atoms with Gasteiger partial charge in [-0.15, -0.1) is 0 Å². The molecule has 0 bridgehead atoms. The van der Waals surface area contributed by atoms with Crippen molar-refractivity contribution >= 4 is 0 Å². The van der Waals surface area contributed by atoms with Crippen LogP contribution in [0.2, 0.25) is 0 Å². The second-order valence-corrected chi connectivity index (χ2v) is 5.87. The van der Waals surface area contributed by atoms with Gasteiger partial charge < -0.3 is 4.57 Å². The van der Waals surface area contributed by atoms with Crippen molar-refractivity contribution in [2.45, 2.75) is 32.2 Å². The summed E-state index contributed by atoms with van der Waals surface area (Å²) in [4.78, 5) is 2.48. The molecule has 0 aromatic carbocycles. The van der Waals surface area contributed by atoms with Gasteiger partial charge in [0.25, 0.3) is 0 Å². The first-order valence-electron chi connectivity index (χ1n) is 7.46. The first kappa shape index (κ1) is 13.9. The fourth-order valence-corrected chi connectivity index (χ4v) is 3.17. The van der Waals surface area contributed by atoms with Gasteiger partial charge in [-0.2, -0.15) is 10.4 Å². The molecule has 1 aliphatic rings. The Morgan fingerprint density at radius 1 is 1.43 bits per heavy atom. The highest BCUT2D eigenvalue weighted by Crippen LogP contribution is 2.27. The van der Waals surface area contributed by atoms with E-state index in [4.69, 9.17) is 5.26 Å². The van der Waals surface area contributed by atoms with E-state index in [2.05, 4.69) is 34.2 Å². The zero-order valence-corrected chi connectivity index (χ0v) is 12.6. The Bertz CT molecular complexity index is 639. The van der Waals surface area contributed by atoms with Crippen molar-refractivity contribution in [2.24, 2.45) is 7.05 Å². The lowest BCUT2D eigenvalue weighted by atomic mass is 9.93. The zero-order chi connectivity index (χ0) is 14.8. The molecule has 0 amide bonds. The van der Waals surface area contributed by atoms with Crippen LogP contribution in [0.1, 0.15) is 41.4 Å². The van der Waals surface area contributed by atoms with Crippen LogP contribution < -0.4 is 0 Å². The molecule has 3 heterocycles. The molecule has 1 N–H and O–H groups in total. The molecule has 0 radical (unpaired) electrons. The SMILES string of the molecule is Cc1c(CN2CCC(c3ccn[nH]3)CC2)cc(C#N)n1C. The molecule has 21 heavy (non-hydrogen) atoms. The molecule has 0 aliphatic carbocycles. The summed E-state index contributed by atoms with van der Waals surface area (Å²) in [5, 5.41) is 16.2. The largest absolute Gasteiger partial charge is 0.340 e. The number of piperidine rings is 1. The molecular weight excluding hydrogens is 262 g/mol. The minimum Gasteiger partial charge on any atom is -0.340 e. The number of nitrogens with zero attached hydrogens (tertiary/aromatic N) is 4. The third-order valence-corrected chi connectivity index (χ3v) is 4.70. The monoisotopic (exact) mass is 283 g/mol. The molecule has 2 aromatic heterocycles. The highest BCUT2D eigenvalue weighted by atomic mass is 15.1. The molecule has 2 aromatic rings. The Balaban J connectivity index is 1.62. The highest BCUT2D eigenvalue weighted by molar-refractivity contribution is 5.34. The Labute approximate surface area is 125 Å². The van der Waals surface area contributed by atoms with Crippen molar-refractivity contribution in [1.82, 2.24) is 19.7 Å². The van der Waals surface area contributed by atoms with Gasteiger partial charge in [0.1, 0.15) is 11.8 Å². The standard InChI is InChI=1S/C16H21N5/c1-12-14(9-15(10-17)20(12)2)11-21-7-4-13(5-8-21)16-3-6-18-19-16/h3,6,9,13H,4-5,7-8,11H2,1-2H3,(H,18,19). The number of aromatic nitrogens is 3. The maximum absolute atomic E-state index is 9.11. The second kappa shape index (κ2) is 5.74. The van der Waals surface area contributed by atoms with Crippen LogP contribution in [0.3, 0.4) is 0 Å². The van der Waals surface area contributed by atoms with E-state index in [1.165, 1.54) is 29.8 Å². The van der Waals surface area contributed by atoms with Crippen molar-refractivity contribution in [1.29, 1.82) is 5.26 Å². The Kier molecular flexibility index (Phi) is 3.80. The number of rotatable bonds is 3. The first-order chi connectivity index (χ1) is 10.2. The number of likely N-dealkylation sites (tertiary alicyclic amines) is 1. The minimum atomic E-state index is 0.607. The molecule has 0 spiro atoms. The number of nitrogens with one attached hydrogen (secondary N) is 1. The highest BCUT2D eigenvalue weighted by Gasteiger charge is 2.22. The average molecular weight is 283 g/mol. The van der Waals surface area contributed by atoms with Crippen molar-refractivity contribution in [3.63, 3.8) is 0 Å².